The van der Waals surface area contributed by atoms with Crippen molar-refractivity contribution in [3.05, 3.63) is 63.4 Å². The number of amides is 1. The highest BCUT2D eigenvalue weighted by Crippen LogP contribution is 2.22. The molecule has 0 aliphatic rings. The van der Waals surface area contributed by atoms with Gasteiger partial charge in [0, 0.05) is 4.47 Å². The number of halogens is 2. The molecule has 0 fully saturated rings. The van der Waals surface area contributed by atoms with Crippen LogP contribution in [-0.2, 0) is 0 Å². The molecule has 2 aromatic rings. The van der Waals surface area contributed by atoms with E-state index < -0.39 is 11.7 Å². The highest BCUT2D eigenvalue weighted by Gasteiger charge is 2.14. The van der Waals surface area contributed by atoms with Crippen molar-refractivity contribution in [2.24, 2.45) is 0 Å². The zero-order valence-corrected chi connectivity index (χ0v) is 12.2. The number of rotatable bonds is 2. The monoisotopic (exact) mass is 332 g/mol. The molecule has 5 heteroatoms. The lowest BCUT2D eigenvalue weighted by molar-refractivity contribution is 0.102. The Hall–Kier alpha value is -2.19. The predicted octanol–water partition coefficient (Wildman–Crippen LogP) is 4.02. The molecule has 0 spiro atoms. The molecule has 0 saturated heterocycles. The van der Waals surface area contributed by atoms with Crippen molar-refractivity contribution < 1.29 is 9.18 Å². The Morgan fingerprint density at radius 1 is 1.30 bits per heavy atom. The van der Waals surface area contributed by atoms with Gasteiger partial charge in [0.2, 0.25) is 0 Å². The maximum absolute atomic E-state index is 13.6. The van der Waals surface area contributed by atoms with E-state index in [0.29, 0.717) is 11.3 Å². The largest absolute Gasteiger partial charge is 0.321 e. The number of hydrogen-bond donors (Lipinski definition) is 1. The number of hydrogen-bond acceptors (Lipinski definition) is 2. The van der Waals surface area contributed by atoms with E-state index >= 15 is 0 Å². The zero-order chi connectivity index (χ0) is 14.7. The lowest BCUT2D eigenvalue weighted by Gasteiger charge is -2.09. The first kappa shape index (κ1) is 14.2. The van der Waals surface area contributed by atoms with Crippen LogP contribution in [0.3, 0.4) is 0 Å². The van der Waals surface area contributed by atoms with Crippen molar-refractivity contribution in [1.29, 1.82) is 5.26 Å². The van der Waals surface area contributed by atoms with Gasteiger partial charge in [-0.05, 0) is 37.3 Å². The fourth-order valence-electron chi connectivity index (χ4n) is 1.72. The molecule has 0 saturated carbocycles. The maximum Gasteiger partial charge on any atom is 0.258 e. The molecule has 0 aromatic heterocycles. The minimum Gasteiger partial charge on any atom is -0.321 e. The summed E-state index contributed by atoms with van der Waals surface area (Å²) in [6, 6.07) is 11.2. The second kappa shape index (κ2) is 5.85. The highest BCUT2D eigenvalue weighted by atomic mass is 79.9. The van der Waals surface area contributed by atoms with Crippen LogP contribution in [0, 0.1) is 24.1 Å². The standard InChI is InChI=1S/C15H10BrFN2O/c1-9-2-5-13(17)12(6-9)15(20)19-14-7-11(16)4-3-10(14)8-18/h2-7H,1H3,(H,19,20). The highest BCUT2D eigenvalue weighted by molar-refractivity contribution is 9.10. The SMILES string of the molecule is Cc1ccc(F)c(C(=O)Nc2cc(Br)ccc2C#N)c1. The number of anilines is 1. The van der Waals surface area contributed by atoms with Gasteiger partial charge in [-0.3, -0.25) is 4.79 Å². The number of carbonyl (C=O) groups excluding carboxylic acids is 1. The van der Waals surface area contributed by atoms with Gasteiger partial charge in [0.05, 0.1) is 16.8 Å². The summed E-state index contributed by atoms with van der Waals surface area (Å²) in [5.74, 6) is -1.18. The fraction of sp³-hybridized carbons (Fsp3) is 0.0667. The first-order valence-corrected chi connectivity index (χ1v) is 6.57. The van der Waals surface area contributed by atoms with Gasteiger partial charge in [-0.1, -0.05) is 27.6 Å². The van der Waals surface area contributed by atoms with Crippen molar-refractivity contribution in [2.75, 3.05) is 5.32 Å². The van der Waals surface area contributed by atoms with Crippen molar-refractivity contribution in [1.82, 2.24) is 0 Å². The Morgan fingerprint density at radius 2 is 2.05 bits per heavy atom. The van der Waals surface area contributed by atoms with Gasteiger partial charge in [0.15, 0.2) is 0 Å². The Balaban J connectivity index is 2.35. The summed E-state index contributed by atoms with van der Waals surface area (Å²) in [5, 5.41) is 11.6. The predicted molar refractivity (Wildman–Crippen MR) is 77.9 cm³/mol. The van der Waals surface area contributed by atoms with Gasteiger partial charge < -0.3 is 5.32 Å². The van der Waals surface area contributed by atoms with E-state index in [9.17, 15) is 9.18 Å². The molecule has 0 aliphatic heterocycles. The third kappa shape index (κ3) is 3.03. The van der Waals surface area contributed by atoms with Gasteiger partial charge >= 0.3 is 0 Å². The van der Waals surface area contributed by atoms with Crippen LogP contribution in [-0.4, -0.2) is 5.91 Å². The van der Waals surface area contributed by atoms with Gasteiger partial charge in [-0.25, -0.2) is 4.39 Å². The van der Waals surface area contributed by atoms with Crippen LogP contribution in [0.5, 0.6) is 0 Å². The quantitative estimate of drug-likeness (QED) is 0.902. The van der Waals surface area contributed by atoms with E-state index in [4.69, 9.17) is 5.26 Å². The second-order valence-corrected chi connectivity index (χ2v) is 5.15. The first-order chi connectivity index (χ1) is 9.51. The zero-order valence-electron chi connectivity index (χ0n) is 10.6. The van der Waals surface area contributed by atoms with Crippen LogP contribution in [0.4, 0.5) is 10.1 Å². The lowest BCUT2D eigenvalue weighted by Crippen LogP contribution is -2.14. The number of aryl methyl sites for hydroxylation is 1. The first-order valence-electron chi connectivity index (χ1n) is 5.78. The van der Waals surface area contributed by atoms with Crippen LogP contribution in [0.15, 0.2) is 40.9 Å². The van der Waals surface area contributed by atoms with Crippen LogP contribution >= 0.6 is 15.9 Å². The topological polar surface area (TPSA) is 52.9 Å². The molecule has 1 N–H and O–H groups in total. The van der Waals surface area contributed by atoms with Crippen molar-refractivity contribution in [3.63, 3.8) is 0 Å². The third-order valence-electron chi connectivity index (χ3n) is 2.72. The summed E-state index contributed by atoms with van der Waals surface area (Å²) >= 11 is 3.26. The normalized spacial score (nSPS) is 9.90. The van der Waals surface area contributed by atoms with Crippen LogP contribution < -0.4 is 5.32 Å². The van der Waals surface area contributed by atoms with E-state index in [2.05, 4.69) is 21.2 Å². The van der Waals surface area contributed by atoms with Crippen LogP contribution in [0.25, 0.3) is 0 Å². The lowest BCUT2D eigenvalue weighted by atomic mass is 10.1. The minimum absolute atomic E-state index is 0.0473. The van der Waals surface area contributed by atoms with Crippen molar-refractivity contribution in [3.8, 4) is 6.07 Å². The molecule has 1 amide bonds. The van der Waals surface area contributed by atoms with Crippen LogP contribution in [0.1, 0.15) is 21.5 Å². The number of nitrogens with zero attached hydrogens (tertiary/aromatic N) is 1. The Morgan fingerprint density at radius 3 is 2.75 bits per heavy atom. The summed E-state index contributed by atoms with van der Waals surface area (Å²) in [6.07, 6.45) is 0. The Kier molecular flexibility index (Phi) is 4.16. The van der Waals surface area contributed by atoms with E-state index in [-0.39, 0.29) is 5.56 Å². The minimum atomic E-state index is -0.596. The van der Waals surface area contributed by atoms with E-state index in [1.54, 1.807) is 31.2 Å². The summed E-state index contributed by atoms with van der Waals surface area (Å²) in [5.41, 5.74) is 1.39. The van der Waals surface area contributed by atoms with Gasteiger partial charge in [0.25, 0.3) is 5.91 Å². The molecule has 2 aromatic carbocycles. The van der Waals surface area contributed by atoms with E-state index in [1.165, 1.54) is 12.1 Å². The van der Waals surface area contributed by atoms with E-state index in [1.807, 2.05) is 6.07 Å². The van der Waals surface area contributed by atoms with Crippen LogP contribution in [0.2, 0.25) is 0 Å². The smallest absolute Gasteiger partial charge is 0.258 e. The molecular weight excluding hydrogens is 323 g/mol. The van der Waals surface area contributed by atoms with E-state index in [0.717, 1.165) is 10.0 Å². The number of nitrogens with one attached hydrogen (secondary N) is 1. The molecule has 0 bridgehead atoms. The Bertz CT molecular complexity index is 722. The number of carbonyl (C=O) groups is 1. The third-order valence-corrected chi connectivity index (χ3v) is 3.21. The second-order valence-electron chi connectivity index (χ2n) is 4.24. The molecule has 0 aliphatic carbocycles. The molecule has 0 unspecified atom stereocenters. The summed E-state index contributed by atoms with van der Waals surface area (Å²) in [6.45, 7) is 1.77. The van der Waals surface area contributed by atoms with Gasteiger partial charge in [-0.2, -0.15) is 5.26 Å². The fourth-order valence-corrected chi connectivity index (χ4v) is 2.08. The van der Waals surface area contributed by atoms with Crippen molar-refractivity contribution >= 4 is 27.5 Å². The molecular formula is C15H10BrFN2O. The average Bonchev–Trinajstić information content (AvgIpc) is 2.41. The number of nitriles is 1. The van der Waals surface area contributed by atoms with Gasteiger partial charge in [-0.15, -0.1) is 0 Å². The molecule has 0 heterocycles. The molecule has 0 radical (unpaired) electrons. The summed E-state index contributed by atoms with van der Waals surface area (Å²) in [4.78, 5) is 12.1. The molecule has 3 nitrogen and oxygen atoms in total. The molecule has 2 rings (SSSR count). The molecule has 20 heavy (non-hydrogen) atoms. The average molecular weight is 333 g/mol. The molecule has 100 valence electrons. The maximum atomic E-state index is 13.6. The summed E-state index contributed by atoms with van der Waals surface area (Å²) < 4.78 is 14.4. The van der Waals surface area contributed by atoms with Crippen molar-refractivity contribution in [2.45, 2.75) is 6.92 Å². The molecule has 0 atom stereocenters. The summed E-state index contributed by atoms with van der Waals surface area (Å²) in [7, 11) is 0. The number of benzene rings is 2. The van der Waals surface area contributed by atoms with Gasteiger partial charge in [0.1, 0.15) is 11.9 Å². The Labute approximate surface area is 124 Å².